The van der Waals surface area contributed by atoms with Gasteiger partial charge in [-0.25, -0.2) is 0 Å². The number of carbonyl (C=O) groups excluding carboxylic acids is 3. The van der Waals surface area contributed by atoms with Gasteiger partial charge in [-0.2, -0.15) is 0 Å². The van der Waals surface area contributed by atoms with Crippen LogP contribution in [0.5, 0.6) is 0 Å². The van der Waals surface area contributed by atoms with Crippen molar-refractivity contribution in [2.75, 3.05) is 24.5 Å². The number of carboxylic acid groups (broad SMARTS) is 1. The number of aromatic nitrogens is 2. The molecule has 2 amide bonds. The average molecular weight is 1200 g/mol. The zero-order valence-electron chi connectivity index (χ0n) is 45.2. The van der Waals surface area contributed by atoms with E-state index in [4.69, 9.17) is 29.2 Å². The number of fused-ring (bicyclic) bond motifs is 2. The maximum atomic E-state index is 14.2. The number of ether oxygens (including phenoxy) is 1. The van der Waals surface area contributed by atoms with Crippen LogP contribution in [-0.2, 0) is 50.0 Å². The van der Waals surface area contributed by atoms with E-state index in [1.807, 2.05) is 80.6 Å². The minimum absolute atomic E-state index is 0.241. The van der Waals surface area contributed by atoms with E-state index < -0.39 is 23.6 Å². The Bertz CT molecular complexity index is 3880. The Hall–Kier alpha value is -6.74. The highest BCUT2D eigenvalue weighted by molar-refractivity contribution is 8.30. The zero-order chi connectivity index (χ0) is 57.2. The van der Waals surface area contributed by atoms with Crippen molar-refractivity contribution in [3.8, 4) is 0 Å². The summed E-state index contributed by atoms with van der Waals surface area (Å²) in [5.74, 6) is -1.85. The van der Waals surface area contributed by atoms with Crippen LogP contribution in [0.1, 0.15) is 106 Å². The van der Waals surface area contributed by atoms with Crippen LogP contribution < -0.4 is 34.4 Å². The SMILES string of the molecule is CCCCCCCCCCN1c2ccc(C=C(C=c3sc(=C4SC(=S)N(CC)C4=O)n(COC=O)c3=O)c3ccccc3)cc2CCc2cc(C=C(C=c3sc(=C4SC(=S)N(CC)C4=O)n(CC(=O)O)c3=O)c3ccccc3)ccc21. The minimum Gasteiger partial charge on any atom is -0.480 e. The van der Waals surface area contributed by atoms with E-state index in [-0.39, 0.29) is 39.1 Å². The molecule has 2 fully saturated rings. The molecule has 3 aliphatic rings. The Kier molecular flexibility index (Phi) is 19.9. The lowest BCUT2D eigenvalue weighted by molar-refractivity contribution is -0.138. The second kappa shape index (κ2) is 27.4. The molecule has 9 rings (SSSR count). The summed E-state index contributed by atoms with van der Waals surface area (Å²) in [6.45, 7) is 6.76. The van der Waals surface area contributed by atoms with Gasteiger partial charge in [0.05, 0.1) is 9.06 Å². The number of thiocarbonyl (C=S) groups is 2. The predicted octanol–water partition coefficient (Wildman–Crippen LogP) is 9.74. The summed E-state index contributed by atoms with van der Waals surface area (Å²) in [4.78, 5) is 84.9. The second-order valence-electron chi connectivity index (χ2n) is 19.6. The van der Waals surface area contributed by atoms with Crippen LogP contribution in [0.2, 0.25) is 0 Å². The van der Waals surface area contributed by atoms with Crippen LogP contribution in [0.3, 0.4) is 0 Å². The van der Waals surface area contributed by atoms with Crippen molar-refractivity contribution in [2.24, 2.45) is 0 Å². The molecule has 0 bridgehead atoms. The molecule has 0 unspecified atom stereocenters. The van der Waals surface area contributed by atoms with E-state index in [2.05, 4.69) is 60.4 Å². The number of thiazole rings is 2. The average Bonchev–Trinajstić information content (AvgIpc) is 4.24. The third-order valence-electron chi connectivity index (χ3n) is 14.2. The summed E-state index contributed by atoms with van der Waals surface area (Å²) in [7, 11) is 0. The molecule has 2 aromatic heterocycles. The largest absolute Gasteiger partial charge is 0.480 e. The fourth-order valence-electron chi connectivity index (χ4n) is 10.2. The van der Waals surface area contributed by atoms with Gasteiger partial charge in [-0.1, -0.05) is 173 Å². The predicted molar refractivity (Wildman–Crippen MR) is 340 cm³/mol. The Morgan fingerprint density at radius 1 is 0.605 bits per heavy atom. The van der Waals surface area contributed by atoms with Gasteiger partial charge in [-0.05, 0) is 126 Å². The van der Waals surface area contributed by atoms with Crippen LogP contribution in [0, 0.1) is 0 Å². The summed E-state index contributed by atoms with van der Waals surface area (Å²) < 4.78 is 9.61. The third-order valence-corrected chi connectivity index (χ3v) is 19.6. The molecule has 4 aromatic carbocycles. The van der Waals surface area contributed by atoms with Crippen molar-refractivity contribution < 1.29 is 29.0 Å². The lowest BCUT2D eigenvalue weighted by atomic mass is 9.98. The van der Waals surface area contributed by atoms with Crippen LogP contribution in [-0.4, -0.2) is 76.6 Å². The Labute approximate surface area is 497 Å². The number of thioether (sulfide) groups is 2. The molecular formula is C62H61N5O8S6. The first-order valence-electron chi connectivity index (χ1n) is 27.2. The van der Waals surface area contributed by atoms with E-state index in [9.17, 15) is 33.9 Å². The van der Waals surface area contributed by atoms with Crippen LogP contribution >= 0.6 is 70.6 Å². The first-order chi connectivity index (χ1) is 39.3. The summed E-state index contributed by atoms with van der Waals surface area (Å²) in [5.41, 5.74) is 8.79. The van der Waals surface area contributed by atoms with E-state index >= 15 is 0 Å². The number of hydrogen-bond acceptors (Lipinski definition) is 14. The number of amides is 2. The molecule has 13 nitrogen and oxygen atoms in total. The fourth-order valence-corrected chi connectivity index (χ4v) is 15.4. The van der Waals surface area contributed by atoms with Gasteiger partial charge in [0, 0.05) is 31.0 Å². The number of anilines is 2. The van der Waals surface area contributed by atoms with Crippen molar-refractivity contribution in [3.63, 3.8) is 0 Å². The standard InChI is InChI=1S/C62H61N5O8S6/c1-4-7-8-9-10-11-12-19-30-65-48-28-24-40(33-46(42-20-15-13-16-21-42)35-50-55(71)66(37-52(69)70)59(78-50)53-57(73)63(5-2)61(76)80-53)31-44(48)26-27-45-32-41(25-29-49(45)65)34-47(43-22-17-14-18-23-43)36-51-56(72)67(38-75-39-68)60(79-51)54-58(74)64(6-3)62(77)81-54/h13-18,20-25,28-29,31-36,39H,4-12,19,26-27,30,37-38H2,1-3H3,(H,69,70). The highest BCUT2D eigenvalue weighted by Crippen LogP contribution is 2.39. The quantitative estimate of drug-likeness (QED) is 0.0298. The van der Waals surface area contributed by atoms with Gasteiger partial charge in [0.25, 0.3) is 29.4 Å². The molecule has 5 heterocycles. The summed E-state index contributed by atoms with van der Waals surface area (Å²) >= 11 is 15.5. The van der Waals surface area contributed by atoms with Gasteiger partial charge in [0.15, 0.2) is 6.73 Å². The number of aliphatic carboxylic acids is 1. The number of hydrogen-bond donors (Lipinski definition) is 1. The molecule has 0 saturated carbocycles. The van der Waals surface area contributed by atoms with Crippen LogP contribution in [0.25, 0.3) is 45.3 Å². The monoisotopic (exact) mass is 1200 g/mol. The number of unbranched alkanes of at least 4 members (excludes halogenated alkanes) is 7. The zero-order valence-corrected chi connectivity index (χ0v) is 50.1. The van der Waals surface area contributed by atoms with E-state index in [0.717, 1.165) is 133 Å². The molecule has 2 saturated heterocycles. The van der Waals surface area contributed by atoms with Gasteiger partial charge < -0.3 is 14.7 Å². The number of nitrogens with zero attached hydrogens (tertiary/aromatic N) is 5. The topological polar surface area (TPSA) is 151 Å². The van der Waals surface area contributed by atoms with E-state index in [0.29, 0.717) is 35.8 Å². The maximum Gasteiger partial charge on any atom is 0.323 e. The molecule has 418 valence electrons. The smallest absolute Gasteiger partial charge is 0.323 e. The molecule has 0 spiro atoms. The Balaban J connectivity index is 1.12. The third kappa shape index (κ3) is 13.5. The van der Waals surface area contributed by atoms with Gasteiger partial charge in [0.2, 0.25) is 0 Å². The molecule has 6 aromatic rings. The maximum absolute atomic E-state index is 14.2. The van der Waals surface area contributed by atoms with Crippen molar-refractivity contribution in [1.29, 1.82) is 0 Å². The number of benzene rings is 4. The first kappa shape index (κ1) is 58.9. The fraction of sp³-hybridized carbons (Fsp3) is 0.290. The number of carbonyl (C=O) groups is 4. The molecular weight excluding hydrogens is 1140 g/mol. The first-order valence-corrected chi connectivity index (χ1v) is 31.2. The van der Waals surface area contributed by atoms with Crippen LogP contribution in [0.15, 0.2) is 107 Å². The highest BCUT2D eigenvalue weighted by Gasteiger charge is 2.34. The van der Waals surface area contributed by atoms with Crippen molar-refractivity contribution >= 4 is 160 Å². The second-order valence-corrected chi connectivity index (χ2v) is 24.9. The minimum atomic E-state index is -1.20. The van der Waals surface area contributed by atoms with E-state index in [1.54, 1.807) is 6.08 Å². The number of carboxylic acids is 1. The van der Waals surface area contributed by atoms with Gasteiger partial charge in [-0.3, -0.25) is 47.7 Å². The molecule has 0 aliphatic carbocycles. The lowest BCUT2D eigenvalue weighted by Crippen LogP contribution is -2.35. The summed E-state index contributed by atoms with van der Waals surface area (Å²) in [5, 5.41) is 9.91. The number of aryl methyl sites for hydroxylation is 2. The molecule has 19 heteroatoms. The number of rotatable bonds is 22. The lowest BCUT2D eigenvalue weighted by Gasteiger charge is -2.27. The van der Waals surface area contributed by atoms with Crippen molar-refractivity contribution in [2.45, 2.75) is 98.3 Å². The van der Waals surface area contributed by atoms with Gasteiger partial charge >= 0.3 is 5.97 Å². The molecule has 0 atom stereocenters. The Morgan fingerprint density at radius 3 is 1.51 bits per heavy atom. The van der Waals surface area contributed by atoms with Gasteiger partial charge in [-0.15, -0.1) is 22.7 Å². The molecule has 81 heavy (non-hydrogen) atoms. The van der Waals surface area contributed by atoms with Crippen molar-refractivity contribution in [3.05, 3.63) is 170 Å². The van der Waals surface area contributed by atoms with Crippen molar-refractivity contribution in [1.82, 2.24) is 18.9 Å². The molecule has 3 aliphatic heterocycles. The Morgan fingerprint density at radius 2 is 1.06 bits per heavy atom. The van der Waals surface area contributed by atoms with E-state index in [1.165, 1.54) is 58.5 Å². The molecule has 1 N–H and O–H groups in total. The van der Waals surface area contributed by atoms with Crippen LogP contribution in [0.4, 0.5) is 11.4 Å². The highest BCUT2D eigenvalue weighted by atomic mass is 32.2. The number of allylic oxidation sites excluding steroid dienone is 2. The summed E-state index contributed by atoms with van der Waals surface area (Å²) in [6.07, 6.45) is 18.7. The normalized spacial score (nSPS) is 16.7. The van der Waals surface area contributed by atoms with Gasteiger partial charge in [0.1, 0.15) is 34.3 Å². The molecule has 0 radical (unpaired) electrons. The summed E-state index contributed by atoms with van der Waals surface area (Å²) in [6, 6.07) is 32.6.